The highest BCUT2D eigenvalue weighted by molar-refractivity contribution is 7.26. The van der Waals surface area contributed by atoms with E-state index in [1.807, 2.05) is 30.3 Å². The Kier molecular flexibility index (Phi) is 4.11. The van der Waals surface area contributed by atoms with Crippen molar-refractivity contribution >= 4 is 38.8 Å². The first-order valence-electron chi connectivity index (χ1n) is 7.77. The van der Waals surface area contributed by atoms with Crippen LogP contribution in [-0.2, 0) is 0 Å². The Labute approximate surface area is 142 Å². The van der Waals surface area contributed by atoms with Crippen LogP contribution in [0.3, 0.4) is 0 Å². The van der Waals surface area contributed by atoms with E-state index in [0.29, 0.717) is 12.6 Å². The van der Waals surface area contributed by atoms with Crippen LogP contribution in [-0.4, -0.2) is 30.0 Å². The van der Waals surface area contributed by atoms with Crippen LogP contribution in [0, 0.1) is 0 Å². The van der Waals surface area contributed by atoms with E-state index >= 15 is 0 Å². The highest BCUT2D eigenvalue weighted by atomic mass is 32.1. The van der Waals surface area contributed by atoms with Gasteiger partial charge >= 0.3 is 0 Å². The van der Waals surface area contributed by atoms with E-state index in [0.717, 1.165) is 33.2 Å². The minimum absolute atomic E-state index is 0.0102. The number of thiazole rings is 1. The average Bonchev–Trinajstić information content (AvgIpc) is 3.31. The van der Waals surface area contributed by atoms with E-state index in [2.05, 4.69) is 21.7 Å². The maximum atomic E-state index is 12.3. The molecule has 3 heterocycles. The van der Waals surface area contributed by atoms with Gasteiger partial charge in [-0.15, -0.1) is 22.7 Å². The summed E-state index contributed by atoms with van der Waals surface area (Å²) >= 11 is 3.17. The van der Waals surface area contributed by atoms with E-state index < -0.39 is 0 Å². The van der Waals surface area contributed by atoms with Crippen LogP contribution >= 0.6 is 22.7 Å². The Balaban J connectivity index is 1.48. The number of amides is 1. The highest BCUT2D eigenvalue weighted by Gasteiger charge is 2.17. The van der Waals surface area contributed by atoms with Crippen LogP contribution in [0.4, 0.5) is 0 Å². The van der Waals surface area contributed by atoms with Crippen molar-refractivity contribution < 1.29 is 4.79 Å². The molecule has 1 atom stereocenters. The van der Waals surface area contributed by atoms with Gasteiger partial charge in [0.05, 0.1) is 20.0 Å². The molecule has 118 valence electrons. The van der Waals surface area contributed by atoms with E-state index in [9.17, 15) is 4.79 Å². The average molecular weight is 343 g/mol. The Bertz CT molecular complexity index is 800. The standard InChI is InChI=1S/C17H17N3OS2/c21-16(19-10-11-4-3-9-18-11)14-7-8-15(22-14)17-20-12-5-1-2-6-13(12)23-17/h1-2,5-8,11,18H,3-4,9-10H2,(H,19,21). The molecule has 1 aliphatic rings. The largest absolute Gasteiger partial charge is 0.350 e. The van der Waals surface area contributed by atoms with Gasteiger partial charge in [-0.05, 0) is 43.7 Å². The van der Waals surface area contributed by atoms with Gasteiger partial charge in [0.15, 0.2) is 0 Å². The fraction of sp³-hybridized carbons (Fsp3) is 0.294. The second-order valence-corrected chi connectivity index (χ2v) is 7.77. The topological polar surface area (TPSA) is 54.0 Å². The predicted molar refractivity (Wildman–Crippen MR) is 96.3 cm³/mol. The highest BCUT2D eigenvalue weighted by Crippen LogP contribution is 2.34. The summed E-state index contributed by atoms with van der Waals surface area (Å²) in [7, 11) is 0. The first-order valence-corrected chi connectivity index (χ1v) is 9.40. The third-order valence-corrected chi connectivity index (χ3v) is 6.30. The van der Waals surface area contributed by atoms with Crippen molar-refractivity contribution in [2.24, 2.45) is 0 Å². The molecule has 6 heteroatoms. The quantitative estimate of drug-likeness (QED) is 0.762. The SMILES string of the molecule is O=C(NCC1CCCN1)c1ccc(-c2nc3ccccc3s2)s1. The number of fused-ring (bicyclic) bond motifs is 1. The lowest BCUT2D eigenvalue weighted by Crippen LogP contribution is -2.36. The molecular formula is C17H17N3OS2. The molecule has 1 amide bonds. The fourth-order valence-corrected chi connectivity index (χ4v) is 4.73. The molecule has 0 spiro atoms. The summed E-state index contributed by atoms with van der Waals surface area (Å²) in [6, 6.07) is 12.4. The van der Waals surface area contributed by atoms with Crippen LogP contribution in [0.5, 0.6) is 0 Å². The van der Waals surface area contributed by atoms with Gasteiger partial charge in [0.2, 0.25) is 0 Å². The number of hydrogen-bond donors (Lipinski definition) is 2. The van der Waals surface area contributed by atoms with Gasteiger partial charge < -0.3 is 10.6 Å². The van der Waals surface area contributed by atoms with Crippen LogP contribution in [0.1, 0.15) is 22.5 Å². The predicted octanol–water partition coefficient (Wildman–Crippen LogP) is 3.51. The van der Waals surface area contributed by atoms with Gasteiger partial charge in [0, 0.05) is 12.6 Å². The lowest BCUT2D eigenvalue weighted by Gasteiger charge is -2.10. The van der Waals surface area contributed by atoms with Gasteiger partial charge in [0.1, 0.15) is 5.01 Å². The summed E-state index contributed by atoms with van der Waals surface area (Å²) < 4.78 is 1.18. The number of hydrogen-bond acceptors (Lipinski definition) is 5. The maximum Gasteiger partial charge on any atom is 0.261 e. The van der Waals surface area contributed by atoms with E-state index in [1.54, 1.807) is 11.3 Å². The minimum atomic E-state index is 0.0102. The first-order chi connectivity index (χ1) is 11.3. The van der Waals surface area contributed by atoms with Gasteiger partial charge in [0.25, 0.3) is 5.91 Å². The van der Waals surface area contributed by atoms with Crippen molar-refractivity contribution in [3.63, 3.8) is 0 Å². The van der Waals surface area contributed by atoms with Crippen molar-refractivity contribution in [3.8, 4) is 9.88 Å². The smallest absolute Gasteiger partial charge is 0.261 e. The molecule has 1 fully saturated rings. The van der Waals surface area contributed by atoms with E-state index in [1.165, 1.54) is 22.5 Å². The lowest BCUT2D eigenvalue weighted by molar-refractivity contribution is 0.0954. The molecule has 0 aliphatic carbocycles. The molecule has 0 bridgehead atoms. The summed E-state index contributed by atoms with van der Waals surface area (Å²) in [6.45, 7) is 1.76. The van der Waals surface area contributed by atoms with E-state index in [4.69, 9.17) is 0 Å². The van der Waals surface area contributed by atoms with Crippen molar-refractivity contribution in [1.29, 1.82) is 0 Å². The monoisotopic (exact) mass is 343 g/mol. The van der Waals surface area contributed by atoms with Crippen molar-refractivity contribution in [2.75, 3.05) is 13.1 Å². The molecule has 4 rings (SSSR count). The number of rotatable bonds is 4. The second kappa shape index (κ2) is 6.39. The number of nitrogens with one attached hydrogen (secondary N) is 2. The molecule has 4 nitrogen and oxygen atoms in total. The number of para-hydroxylation sites is 1. The number of carbonyl (C=O) groups is 1. The number of thiophene rings is 1. The third kappa shape index (κ3) is 3.15. The van der Waals surface area contributed by atoms with Gasteiger partial charge in [-0.3, -0.25) is 4.79 Å². The summed E-state index contributed by atoms with van der Waals surface area (Å²) in [6.07, 6.45) is 2.34. The zero-order valence-corrected chi connectivity index (χ0v) is 14.2. The first kappa shape index (κ1) is 14.8. The number of carbonyl (C=O) groups excluding carboxylic acids is 1. The van der Waals surface area contributed by atoms with Gasteiger partial charge in [-0.1, -0.05) is 12.1 Å². The normalized spacial score (nSPS) is 17.7. The molecular weight excluding hydrogens is 326 g/mol. The summed E-state index contributed by atoms with van der Waals surface area (Å²) in [5.74, 6) is 0.0102. The van der Waals surface area contributed by atoms with Gasteiger partial charge in [-0.2, -0.15) is 0 Å². The zero-order valence-electron chi connectivity index (χ0n) is 12.5. The summed E-state index contributed by atoms with van der Waals surface area (Å²) in [5, 5.41) is 7.39. The molecule has 2 N–H and O–H groups in total. The molecule has 2 aromatic heterocycles. The van der Waals surface area contributed by atoms with Crippen LogP contribution < -0.4 is 10.6 Å². The molecule has 1 aromatic carbocycles. The number of benzene rings is 1. The Morgan fingerprint density at radius 3 is 3.00 bits per heavy atom. The van der Waals surface area contributed by atoms with Crippen LogP contribution in [0.2, 0.25) is 0 Å². The van der Waals surface area contributed by atoms with Crippen LogP contribution in [0.25, 0.3) is 20.1 Å². The van der Waals surface area contributed by atoms with Crippen LogP contribution in [0.15, 0.2) is 36.4 Å². The zero-order chi connectivity index (χ0) is 15.6. The Hall–Kier alpha value is -1.76. The molecule has 1 aliphatic heterocycles. The summed E-state index contributed by atoms with van der Waals surface area (Å²) in [5.41, 5.74) is 1.01. The summed E-state index contributed by atoms with van der Waals surface area (Å²) in [4.78, 5) is 18.7. The fourth-order valence-electron chi connectivity index (χ4n) is 2.79. The molecule has 23 heavy (non-hydrogen) atoms. The third-order valence-electron chi connectivity index (χ3n) is 4.01. The van der Waals surface area contributed by atoms with E-state index in [-0.39, 0.29) is 5.91 Å². The van der Waals surface area contributed by atoms with Gasteiger partial charge in [-0.25, -0.2) is 4.98 Å². The molecule has 1 unspecified atom stereocenters. The van der Waals surface area contributed by atoms with Crippen molar-refractivity contribution in [2.45, 2.75) is 18.9 Å². The number of aromatic nitrogens is 1. The Morgan fingerprint density at radius 2 is 2.17 bits per heavy atom. The number of nitrogens with zero attached hydrogens (tertiary/aromatic N) is 1. The molecule has 1 saturated heterocycles. The maximum absolute atomic E-state index is 12.3. The van der Waals surface area contributed by atoms with Crippen molar-refractivity contribution in [1.82, 2.24) is 15.6 Å². The van der Waals surface area contributed by atoms with Crippen molar-refractivity contribution in [3.05, 3.63) is 41.3 Å². The minimum Gasteiger partial charge on any atom is -0.350 e. The Morgan fingerprint density at radius 1 is 1.26 bits per heavy atom. The molecule has 0 saturated carbocycles. The molecule has 3 aromatic rings. The second-order valence-electron chi connectivity index (χ2n) is 5.65. The lowest BCUT2D eigenvalue weighted by atomic mass is 10.2. The molecule has 0 radical (unpaired) electrons.